The maximum absolute atomic E-state index is 11.1. The Morgan fingerprint density at radius 3 is 2.71 bits per heavy atom. The van der Waals surface area contributed by atoms with Gasteiger partial charge in [0.05, 0.1) is 11.1 Å². The Bertz CT molecular complexity index is 408. The molecule has 0 amide bonds. The van der Waals surface area contributed by atoms with Gasteiger partial charge < -0.3 is 10.0 Å². The second kappa shape index (κ2) is 4.64. The van der Waals surface area contributed by atoms with E-state index in [1.54, 1.807) is 11.3 Å². The van der Waals surface area contributed by atoms with Gasteiger partial charge in [0.2, 0.25) is 0 Å². The number of rotatable bonds is 3. The number of aliphatic carboxylic acids is 1. The van der Waals surface area contributed by atoms with Gasteiger partial charge in [-0.3, -0.25) is 4.79 Å². The van der Waals surface area contributed by atoms with Crippen LogP contribution in [0.4, 0.5) is 5.13 Å². The first-order valence-electron chi connectivity index (χ1n) is 5.98. The number of anilines is 1. The monoisotopic (exact) mass is 254 g/mol. The summed E-state index contributed by atoms with van der Waals surface area (Å²) < 4.78 is 0. The molecule has 1 aromatic rings. The van der Waals surface area contributed by atoms with Crippen LogP contribution in [0, 0.1) is 5.41 Å². The highest BCUT2D eigenvalue weighted by Gasteiger charge is 2.37. The fourth-order valence-electron chi connectivity index (χ4n) is 2.01. The third-order valence-electron chi connectivity index (χ3n) is 3.56. The third kappa shape index (κ3) is 2.44. The SMILES string of the molecule is CCc1csc(N2CCC(C)(C(=O)O)CC2)n1. The molecular formula is C12H18N2O2S. The van der Waals surface area contributed by atoms with Gasteiger partial charge in [0.25, 0.3) is 0 Å². The number of hydrogen-bond acceptors (Lipinski definition) is 4. The Morgan fingerprint density at radius 1 is 1.59 bits per heavy atom. The summed E-state index contributed by atoms with van der Waals surface area (Å²) in [5.74, 6) is -0.675. The number of carbonyl (C=O) groups is 1. The fourth-order valence-corrected chi connectivity index (χ4v) is 2.97. The van der Waals surface area contributed by atoms with E-state index in [0.29, 0.717) is 12.8 Å². The van der Waals surface area contributed by atoms with Crippen LogP contribution in [0.25, 0.3) is 0 Å². The Labute approximate surface area is 105 Å². The summed E-state index contributed by atoms with van der Waals surface area (Å²) in [5.41, 5.74) is 0.568. The largest absolute Gasteiger partial charge is 0.481 e. The second-order valence-corrected chi connectivity index (χ2v) is 5.66. The van der Waals surface area contributed by atoms with E-state index in [0.717, 1.165) is 30.3 Å². The summed E-state index contributed by atoms with van der Waals surface area (Å²) in [4.78, 5) is 17.9. The van der Waals surface area contributed by atoms with Gasteiger partial charge in [0.1, 0.15) is 0 Å². The van der Waals surface area contributed by atoms with Crippen molar-refractivity contribution in [2.75, 3.05) is 18.0 Å². The minimum absolute atomic E-state index is 0.554. The van der Waals surface area contributed by atoms with E-state index in [9.17, 15) is 4.79 Å². The molecule has 0 aromatic carbocycles. The molecule has 1 aliphatic heterocycles. The van der Waals surface area contributed by atoms with E-state index < -0.39 is 11.4 Å². The molecule has 1 aliphatic rings. The molecule has 1 aromatic heterocycles. The first-order chi connectivity index (χ1) is 8.05. The highest BCUT2D eigenvalue weighted by molar-refractivity contribution is 7.13. The molecule has 5 heteroatoms. The van der Waals surface area contributed by atoms with Crippen LogP contribution in [0.2, 0.25) is 0 Å². The van der Waals surface area contributed by atoms with E-state index >= 15 is 0 Å². The van der Waals surface area contributed by atoms with Crippen molar-refractivity contribution in [3.63, 3.8) is 0 Å². The molecule has 0 atom stereocenters. The predicted molar refractivity (Wildman–Crippen MR) is 68.7 cm³/mol. The maximum Gasteiger partial charge on any atom is 0.309 e. The van der Waals surface area contributed by atoms with Gasteiger partial charge in [-0.2, -0.15) is 0 Å². The maximum atomic E-state index is 11.1. The lowest BCUT2D eigenvalue weighted by atomic mass is 9.81. The van der Waals surface area contributed by atoms with Crippen LogP contribution in [0.5, 0.6) is 0 Å². The summed E-state index contributed by atoms with van der Waals surface area (Å²) >= 11 is 1.66. The van der Waals surface area contributed by atoms with Crippen molar-refractivity contribution in [2.45, 2.75) is 33.1 Å². The Kier molecular flexibility index (Phi) is 3.38. The minimum atomic E-state index is -0.675. The molecule has 2 rings (SSSR count). The Hall–Kier alpha value is -1.10. The lowest BCUT2D eigenvalue weighted by Crippen LogP contribution is -2.42. The zero-order chi connectivity index (χ0) is 12.5. The third-order valence-corrected chi connectivity index (χ3v) is 4.51. The molecule has 0 aliphatic carbocycles. The molecule has 2 heterocycles. The average Bonchev–Trinajstić information content (AvgIpc) is 2.78. The Balaban J connectivity index is 2.01. The summed E-state index contributed by atoms with van der Waals surface area (Å²) in [6.45, 7) is 5.52. The van der Waals surface area contributed by atoms with Crippen molar-refractivity contribution < 1.29 is 9.90 Å². The van der Waals surface area contributed by atoms with Crippen LogP contribution in [0.15, 0.2) is 5.38 Å². The molecule has 0 radical (unpaired) electrons. The Morgan fingerprint density at radius 2 is 2.24 bits per heavy atom. The molecule has 1 fully saturated rings. The topological polar surface area (TPSA) is 53.4 Å². The van der Waals surface area contributed by atoms with E-state index in [-0.39, 0.29) is 0 Å². The number of piperidine rings is 1. The normalized spacial score (nSPS) is 19.3. The van der Waals surface area contributed by atoms with Gasteiger partial charge in [0, 0.05) is 18.5 Å². The summed E-state index contributed by atoms with van der Waals surface area (Å²) in [7, 11) is 0. The van der Waals surface area contributed by atoms with Gasteiger partial charge in [-0.25, -0.2) is 4.98 Å². The van der Waals surface area contributed by atoms with Crippen LogP contribution >= 0.6 is 11.3 Å². The number of thiazole rings is 1. The quantitative estimate of drug-likeness (QED) is 0.900. The van der Waals surface area contributed by atoms with Crippen LogP contribution in [-0.4, -0.2) is 29.1 Å². The molecule has 1 saturated heterocycles. The highest BCUT2D eigenvalue weighted by Crippen LogP contribution is 2.34. The van der Waals surface area contributed by atoms with Crippen molar-refractivity contribution in [3.05, 3.63) is 11.1 Å². The second-order valence-electron chi connectivity index (χ2n) is 4.83. The van der Waals surface area contributed by atoms with E-state index in [1.807, 2.05) is 6.92 Å². The molecule has 0 bridgehead atoms. The molecule has 1 N–H and O–H groups in total. The van der Waals surface area contributed by atoms with Crippen molar-refractivity contribution in [1.82, 2.24) is 4.98 Å². The number of hydrogen-bond donors (Lipinski definition) is 1. The van der Waals surface area contributed by atoms with Crippen LogP contribution in [0.3, 0.4) is 0 Å². The summed E-state index contributed by atoms with van der Waals surface area (Å²) in [5, 5.41) is 12.3. The number of nitrogens with zero attached hydrogens (tertiary/aromatic N) is 2. The van der Waals surface area contributed by atoms with Crippen LogP contribution < -0.4 is 4.90 Å². The fraction of sp³-hybridized carbons (Fsp3) is 0.667. The zero-order valence-corrected chi connectivity index (χ0v) is 11.1. The molecule has 17 heavy (non-hydrogen) atoms. The first kappa shape index (κ1) is 12.4. The van der Waals surface area contributed by atoms with Gasteiger partial charge in [-0.05, 0) is 26.2 Å². The minimum Gasteiger partial charge on any atom is -0.481 e. The number of aromatic nitrogens is 1. The van der Waals surface area contributed by atoms with Crippen molar-refractivity contribution in [2.24, 2.45) is 5.41 Å². The molecule has 0 saturated carbocycles. The number of aryl methyl sites for hydroxylation is 1. The van der Waals surface area contributed by atoms with Gasteiger partial charge >= 0.3 is 5.97 Å². The zero-order valence-electron chi connectivity index (χ0n) is 10.3. The van der Waals surface area contributed by atoms with Gasteiger partial charge in [-0.15, -0.1) is 11.3 Å². The lowest BCUT2D eigenvalue weighted by Gasteiger charge is -2.36. The molecule has 94 valence electrons. The van der Waals surface area contributed by atoms with Crippen molar-refractivity contribution in [3.8, 4) is 0 Å². The first-order valence-corrected chi connectivity index (χ1v) is 6.86. The van der Waals surface area contributed by atoms with Crippen molar-refractivity contribution >= 4 is 22.4 Å². The molecule has 0 spiro atoms. The van der Waals surface area contributed by atoms with E-state index in [4.69, 9.17) is 5.11 Å². The number of carboxylic acids is 1. The van der Waals surface area contributed by atoms with Crippen molar-refractivity contribution in [1.29, 1.82) is 0 Å². The standard InChI is InChI=1S/C12H18N2O2S/c1-3-9-8-17-11(13-9)14-6-4-12(2,5-7-14)10(15)16/h8H,3-7H2,1-2H3,(H,15,16). The summed E-state index contributed by atoms with van der Waals surface area (Å²) in [6, 6.07) is 0. The number of carboxylic acid groups (broad SMARTS) is 1. The predicted octanol–water partition coefficient (Wildman–Crippen LogP) is 2.40. The lowest BCUT2D eigenvalue weighted by molar-refractivity contribution is -0.149. The van der Waals surface area contributed by atoms with E-state index in [2.05, 4.69) is 22.2 Å². The van der Waals surface area contributed by atoms with Crippen LogP contribution in [0.1, 0.15) is 32.4 Å². The van der Waals surface area contributed by atoms with Gasteiger partial charge in [0.15, 0.2) is 5.13 Å². The average molecular weight is 254 g/mol. The van der Waals surface area contributed by atoms with E-state index in [1.165, 1.54) is 0 Å². The van der Waals surface area contributed by atoms with Gasteiger partial charge in [-0.1, -0.05) is 6.92 Å². The molecule has 0 unspecified atom stereocenters. The van der Waals surface area contributed by atoms with Crippen LogP contribution in [-0.2, 0) is 11.2 Å². The molecule has 4 nitrogen and oxygen atoms in total. The smallest absolute Gasteiger partial charge is 0.309 e. The molecular weight excluding hydrogens is 236 g/mol. The summed E-state index contributed by atoms with van der Waals surface area (Å²) in [6.07, 6.45) is 2.35. The highest BCUT2D eigenvalue weighted by atomic mass is 32.1.